The van der Waals surface area contributed by atoms with Crippen molar-refractivity contribution in [3.63, 3.8) is 0 Å². The zero-order chi connectivity index (χ0) is 22.7. The maximum absolute atomic E-state index is 13.3. The van der Waals surface area contributed by atoms with Gasteiger partial charge in [0, 0.05) is 0 Å². The van der Waals surface area contributed by atoms with Crippen molar-refractivity contribution >= 4 is 5.78 Å². The summed E-state index contributed by atoms with van der Waals surface area (Å²) in [7, 11) is 0. The third-order valence-electron chi connectivity index (χ3n) is 5.46. The van der Waals surface area contributed by atoms with Crippen LogP contribution in [0.2, 0.25) is 0 Å². The van der Waals surface area contributed by atoms with E-state index in [0.29, 0.717) is 5.75 Å². The Bertz CT molecular complexity index is 1240. The van der Waals surface area contributed by atoms with Crippen LogP contribution in [-0.2, 0) is 6.54 Å². The number of nitrogens with zero attached hydrogens (tertiary/aromatic N) is 2. The number of benzene rings is 2. The van der Waals surface area contributed by atoms with Gasteiger partial charge in [0.25, 0.3) is 5.56 Å². The number of rotatable bonds is 6. The summed E-state index contributed by atoms with van der Waals surface area (Å²) in [4.78, 5) is 26.1. The number of Topliss-reactive ketones (excluding diaryl/α,β-unsaturated/α-hetero) is 1. The predicted octanol–water partition coefficient (Wildman–Crippen LogP) is 4.05. The Morgan fingerprint density at radius 3 is 2.42 bits per heavy atom. The Hall–Kier alpha value is -3.85. The van der Waals surface area contributed by atoms with Gasteiger partial charge in [-0.05, 0) is 56.0 Å². The summed E-state index contributed by atoms with van der Waals surface area (Å²) >= 11 is 0. The molecule has 0 spiro atoms. The average molecular weight is 416 g/mol. The van der Waals surface area contributed by atoms with Gasteiger partial charge >= 0.3 is 0 Å². The van der Waals surface area contributed by atoms with E-state index in [2.05, 4.69) is 0 Å². The van der Waals surface area contributed by atoms with Gasteiger partial charge in [0.2, 0.25) is 11.7 Å². The minimum atomic E-state index is -0.931. The lowest BCUT2D eigenvalue weighted by atomic mass is 9.99. The van der Waals surface area contributed by atoms with E-state index in [1.165, 1.54) is 6.92 Å². The molecule has 31 heavy (non-hydrogen) atoms. The minimum Gasteiger partial charge on any atom is -0.494 e. The molecule has 0 saturated carbocycles. The van der Waals surface area contributed by atoms with E-state index in [0.717, 1.165) is 21.3 Å². The molecule has 1 atom stereocenters. The van der Waals surface area contributed by atoms with Crippen LogP contribution >= 0.6 is 0 Å². The molecule has 2 aromatic carbocycles. The Balaban J connectivity index is 2.06. The Morgan fingerprint density at radius 1 is 1.10 bits per heavy atom. The Labute approximate surface area is 181 Å². The van der Waals surface area contributed by atoms with Gasteiger partial charge in [0.15, 0.2) is 6.10 Å². The molecule has 1 aromatic heterocycles. The van der Waals surface area contributed by atoms with E-state index in [1.54, 1.807) is 25.1 Å². The maximum atomic E-state index is 13.3. The molecule has 1 N–H and O–H groups in total. The molecule has 3 rings (SSSR count). The van der Waals surface area contributed by atoms with Crippen molar-refractivity contribution in [2.45, 2.75) is 40.3 Å². The number of aryl methyl sites for hydroxylation is 1. The van der Waals surface area contributed by atoms with Crippen LogP contribution in [0, 0.1) is 32.1 Å². The molecule has 6 nitrogen and oxygen atoms in total. The number of hydrogen-bond donors (Lipinski definition) is 1. The third-order valence-corrected chi connectivity index (χ3v) is 5.46. The number of pyridine rings is 1. The number of nitriles is 1. The molecule has 0 aliphatic heterocycles. The number of aromatic hydroxyl groups is 1. The first-order valence-corrected chi connectivity index (χ1v) is 9.93. The van der Waals surface area contributed by atoms with Crippen molar-refractivity contribution in [3.05, 3.63) is 92.3 Å². The highest BCUT2D eigenvalue weighted by Gasteiger charge is 2.28. The first-order valence-electron chi connectivity index (χ1n) is 9.93. The number of aromatic nitrogens is 1. The summed E-state index contributed by atoms with van der Waals surface area (Å²) in [5.41, 5.74) is 1.96. The molecular formula is C25H24N2O4. The average Bonchev–Trinajstić information content (AvgIpc) is 2.75. The normalized spacial score (nSPS) is 11.6. The van der Waals surface area contributed by atoms with Crippen molar-refractivity contribution in [2.24, 2.45) is 0 Å². The van der Waals surface area contributed by atoms with Crippen LogP contribution in [0.4, 0.5) is 0 Å². The number of carbonyl (C=O) groups excluding carboxylic acids is 1. The summed E-state index contributed by atoms with van der Waals surface area (Å²) in [6.07, 6.45) is -0.931. The van der Waals surface area contributed by atoms with Crippen LogP contribution in [-0.4, -0.2) is 21.6 Å². The number of ketones is 1. The second-order valence-corrected chi connectivity index (χ2v) is 7.51. The first-order chi connectivity index (χ1) is 14.8. The van der Waals surface area contributed by atoms with Crippen LogP contribution in [0.25, 0.3) is 0 Å². The standard InChI is InChI=1S/C25H24N2O4/c1-15-9-8-12-21(16(15)2)31-18(4)23(28)22-17(3)20(13-26)24(29)27(25(22)30)14-19-10-6-5-7-11-19/h5-12,18,30H,14H2,1-4H3. The van der Waals surface area contributed by atoms with Crippen LogP contribution in [0.15, 0.2) is 53.3 Å². The fourth-order valence-corrected chi connectivity index (χ4v) is 3.46. The maximum Gasteiger partial charge on any atom is 0.271 e. The molecule has 1 unspecified atom stereocenters. The predicted molar refractivity (Wildman–Crippen MR) is 118 cm³/mol. The quantitative estimate of drug-likeness (QED) is 0.612. The first kappa shape index (κ1) is 21.8. The van der Waals surface area contributed by atoms with E-state index in [4.69, 9.17) is 4.74 Å². The number of hydrogen-bond acceptors (Lipinski definition) is 5. The molecule has 1 heterocycles. The largest absolute Gasteiger partial charge is 0.494 e. The summed E-state index contributed by atoms with van der Waals surface area (Å²) in [6, 6.07) is 16.5. The highest BCUT2D eigenvalue weighted by molar-refractivity contribution is 6.03. The van der Waals surface area contributed by atoms with Crippen molar-refractivity contribution < 1.29 is 14.6 Å². The molecule has 0 aliphatic rings. The van der Waals surface area contributed by atoms with Gasteiger partial charge in [-0.3, -0.25) is 14.2 Å². The van der Waals surface area contributed by atoms with Gasteiger partial charge in [0.1, 0.15) is 17.4 Å². The molecule has 0 saturated heterocycles. The summed E-state index contributed by atoms with van der Waals surface area (Å²) < 4.78 is 6.94. The molecule has 6 heteroatoms. The van der Waals surface area contributed by atoms with Gasteiger partial charge in [0.05, 0.1) is 12.1 Å². The lowest BCUT2D eigenvalue weighted by molar-refractivity contribution is 0.0811. The highest BCUT2D eigenvalue weighted by atomic mass is 16.5. The Morgan fingerprint density at radius 2 is 1.77 bits per heavy atom. The van der Waals surface area contributed by atoms with E-state index >= 15 is 0 Å². The highest BCUT2D eigenvalue weighted by Crippen LogP contribution is 2.27. The zero-order valence-corrected chi connectivity index (χ0v) is 18.0. The lowest BCUT2D eigenvalue weighted by Crippen LogP contribution is -2.31. The smallest absolute Gasteiger partial charge is 0.271 e. The number of carbonyl (C=O) groups is 1. The summed E-state index contributed by atoms with van der Waals surface area (Å²) in [6.45, 7) is 6.96. The fraction of sp³-hybridized carbons (Fsp3) is 0.240. The molecular weight excluding hydrogens is 392 g/mol. The van der Waals surface area contributed by atoms with Gasteiger partial charge < -0.3 is 9.84 Å². The van der Waals surface area contributed by atoms with Gasteiger partial charge in [-0.2, -0.15) is 5.26 Å². The van der Waals surface area contributed by atoms with Crippen molar-refractivity contribution in [1.29, 1.82) is 5.26 Å². The Kier molecular flexibility index (Phi) is 6.26. The zero-order valence-electron chi connectivity index (χ0n) is 18.0. The van der Waals surface area contributed by atoms with E-state index in [1.807, 2.05) is 50.2 Å². The van der Waals surface area contributed by atoms with Gasteiger partial charge in [-0.15, -0.1) is 0 Å². The molecule has 0 radical (unpaired) electrons. The molecule has 0 aliphatic carbocycles. The van der Waals surface area contributed by atoms with Crippen molar-refractivity contribution in [2.75, 3.05) is 0 Å². The second kappa shape index (κ2) is 8.88. The number of ether oxygens (including phenoxy) is 1. The van der Waals surface area contributed by atoms with Crippen LogP contribution in [0.5, 0.6) is 11.6 Å². The topological polar surface area (TPSA) is 92.3 Å². The van der Waals surface area contributed by atoms with Crippen LogP contribution in [0.1, 0.15) is 45.1 Å². The van der Waals surface area contributed by atoms with E-state index < -0.39 is 23.3 Å². The molecule has 3 aromatic rings. The van der Waals surface area contributed by atoms with Gasteiger partial charge in [-0.25, -0.2) is 0 Å². The SMILES string of the molecule is Cc1cccc(OC(C)C(=O)c2c(C)c(C#N)c(=O)n(Cc3ccccc3)c2O)c1C. The molecule has 0 bridgehead atoms. The lowest BCUT2D eigenvalue weighted by Gasteiger charge is -2.20. The molecule has 158 valence electrons. The van der Waals surface area contributed by atoms with Crippen LogP contribution < -0.4 is 10.3 Å². The van der Waals surface area contributed by atoms with Crippen molar-refractivity contribution in [1.82, 2.24) is 4.57 Å². The summed E-state index contributed by atoms with van der Waals surface area (Å²) in [5, 5.41) is 20.4. The molecule has 0 amide bonds. The fourth-order valence-electron chi connectivity index (χ4n) is 3.46. The summed E-state index contributed by atoms with van der Waals surface area (Å²) in [5.74, 6) is -0.405. The molecule has 0 fully saturated rings. The van der Waals surface area contributed by atoms with Crippen LogP contribution in [0.3, 0.4) is 0 Å². The second-order valence-electron chi connectivity index (χ2n) is 7.51. The van der Waals surface area contributed by atoms with Gasteiger partial charge in [-0.1, -0.05) is 42.5 Å². The monoisotopic (exact) mass is 416 g/mol. The van der Waals surface area contributed by atoms with E-state index in [9.17, 15) is 20.0 Å². The third kappa shape index (κ3) is 4.22. The van der Waals surface area contributed by atoms with Crippen molar-refractivity contribution in [3.8, 4) is 17.7 Å². The minimum absolute atomic E-state index is 0.0347. The van der Waals surface area contributed by atoms with E-state index in [-0.39, 0.29) is 23.2 Å².